The Balaban J connectivity index is 1.36. The number of nitrogens with zero attached hydrogens (tertiary/aromatic N) is 2. The smallest absolute Gasteiger partial charge is 0.173 e. The van der Waals surface area contributed by atoms with Crippen molar-refractivity contribution in [1.29, 1.82) is 0 Å². The molecule has 1 fully saturated rings. The first-order valence-corrected chi connectivity index (χ1v) is 11.5. The monoisotopic (exact) mass is 357 g/mol. The molecule has 3 rings (SSSR count). The van der Waals surface area contributed by atoms with E-state index in [1.165, 1.54) is 96.6 Å². The van der Waals surface area contributed by atoms with Crippen molar-refractivity contribution in [3.63, 3.8) is 0 Å². The molecule has 0 amide bonds. The van der Waals surface area contributed by atoms with Crippen LogP contribution in [0.1, 0.15) is 101 Å². The highest BCUT2D eigenvalue weighted by atomic mass is 15.2. The van der Waals surface area contributed by atoms with E-state index in [1.54, 1.807) is 11.1 Å². The Morgan fingerprint density at radius 1 is 0.962 bits per heavy atom. The fraction of sp³-hybridized carbons (Fsp3) is 0.792. The van der Waals surface area contributed by atoms with Gasteiger partial charge < -0.3 is 0 Å². The molecule has 0 N–H and O–H groups in total. The number of aromatic nitrogens is 1. The Hall–Kier alpha value is -0.890. The maximum absolute atomic E-state index is 2.59. The second-order valence-electron chi connectivity index (χ2n) is 8.86. The molecule has 0 radical (unpaired) electrons. The Morgan fingerprint density at radius 3 is 2.38 bits per heavy atom. The van der Waals surface area contributed by atoms with Gasteiger partial charge in [0.25, 0.3) is 0 Å². The van der Waals surface area contributed by atoms with Crippen LogP contribution in [0.25, 0.3) is 0 Å². The van der Waals surface area contributed by atoms with Gasteiger partial charge in [0.2, 0.25) is 0 Å². The molecule has 0 unspecified atom stereocenters. The molecule has 2 nitrogen and oxygen atoms in total. The van der Waals surface area contributed by atoms with E-state index in [4.69, 9.17) is 0 Å². The summed E-state index contributed by atoms with van der Waals surface area (Å²) in [4.78, 5) is 2.59. The average Bonchev–Trinajstić information content (AvgIpc) is 3.04. The highest BCUT2D eigenvalue weighted by molar-refractivity contribution is 5.29. The first-order valence-electron chi connectivity index (χ1n) is 11.5. The summed E-state index contributed by atoms with van der Waals surface area (Å²) < 4.78 is 2.47. The third-order valence-corrected chi connectivity index (χ3v) is 6.79. The van der Waals surface area contributed by atoms with Crippen LogP contribution in [0.5, 0.6) is 0 Å². The molecular formula is C24H41N2+. The Labute approximate surface area is 162 Å². The zero-order valence-corrected chi connectivity index (χ0v) is 17.4. The van der Waals surface area contributed by atoms with Gasteiger partial charge in [0.15, 0.2) is 12.4 Å². The Morgan fingerprint density at radius 2 is 1.65 bits per heavy atom. The van der Waals surface area contributed by atoms with E-state index in [9.17, 15) is 0 Å². The topological polar surface area (TPSA) is 7.12 Å². The van der Waals surface area contributed by atoms with E-state index in [-0.39, 0.29) is 0 Å². The predicted octanol–water partition coefficient (Wildman–Crippen LogP) is 5.83. The molecule has 2 heterocycles. The molecule has 1 saturated heterocycles. The number of aryl methyl sites for hydroxylation is 2. The molecule has 0 spiro atoms. The standard InChI is InChI=1S/C24H41N2/c1-3-4-5-6-7-8-9-10-11-12-17-26-19-16-21-13-14-22-15-18-25(2)24(22)23(21)20-26/h16,19-20,22,24H,3-15,17-18H2,1-2H3/q+1/t22-,24+/m0/s1. The van der Waals surface area contributed by atoms with Gasteiger partial charge in [-0.2, -0.15) is 0 Å². The summed E-state index contributed by atoms with van der Waals surface area (Å²) in [6.45, 7) is 4.78. The fourth-order valence-electron chi connectivity index (χ4n) is 5.16. The molecule has 1 aliphatic carbocycles. The van der Waals surface area contributed by atoms with Gasteiger partial charge >= 0.3 is 0 Å². The molecule has 1 aliphatic heterocycles. The Bertz CT molecular complexity index is 539. The molecule has 0 saturated carbocycles. The normalized spacial score (nSPS) is 22.4. The molecule has 26 heavy (non-hydrogen) atoms. The molecule has 0 bridgehead atoms. The third-order valence-electron chi connectivity index (χ3n) is 6.79. The molecule has 1 aromatic heterocycles. The van der Waals surface area contributed by atoms with E-state index in [1.807, 2.05) is 0 Å². The lowest BCUT2D eigenvalue weighted by atomic mass is 9.81. The first kappa shape index (κ1) is 19.9. The van der Waals surface area contributed by atoms with Crippen LogP contribution >= 0.6 is 0 Å². The second-order valence-corrected chi connectivity index (χ2v) is 8.86. The van der Waals surface area contributed by atoms with Gasteiger partial charge in [0.1, 0.15) is 6.54 Å². The largest absolute Gasteiger partial charge is 0.299 e. The van der Waals surface area contributed by atoms with Gasteiger partial charge in [-0.05, 0) is 50.8 Å². The van der Waals surface area contributed by atoms with Crippen LogP contribution < -0.4 is 4.57 Å². The van der Waals surface area contributed by atoms with Crippen molar-refractivity contribution in [3.05, 3.63) is 29.6 Å². The lowest BCUT2D eigenvalue weighted by molar-refractivity contribution is -0.698. The minimum Gasteiger partial charge on any atom is -0.299 e. The van der Waals surface area contributed by atoms with E-state index in [0.717, 1.165) is 5.92 Å². The minimum absolute atomic E-state index is 0.693. The number of rotatable bonds is 11. The summed E-state index contributed by atoms with van der Waals surface area (Å²) >= 11 is 0. The summed E-state index contributed by atoms with van der Waals surface area (Å²) in [7, 11) is 2.32. The molecule has 2 heteroatoms. The summed E-state index contributed by atoms with van der Waals surface area (Å²) in [6.07, 6.45) is 23.1. The van der Waals surface area contributed by atoms with E-state index in [2.05, 4.69) is 41.9 Å². The van der Waals surface area contributed by atoms with Gasteiger partial charge in [0.05, 0.1) is 0 Å². The van der Waals surface area contributed by atoms with Crippen molar-refractivity contribution in [1.82, 2.24) is 4.90 Å². The summed E-state index contributed by atoms with van der Waals surface area (Å²) in [5.74, 6) is 0.903. The van der Waals surface area contributed by atoms with Crippen LogP contribution in [0.3, 0.4) is 0 Å². The number of likely N-dealkylation sites (tertiary alicyclic amines) is 1. The Kier molecular flexibility index (Phi) is 7.98. The average molecular weight is 358 g/mol. The molecule has 1 aromatic rings. The summed E-state index contributed by atoms with van der Waals surface area (Å²) in [6, 6.07) is 3.10. The molecule has 2 atom stereocenters. The van der Waals surface area contributed by atoms with Crippen LogP contribution in [0.4, 0.5) is 0 Å². The van der Waals surface area contributed by atoms with Gasteiger partial charge in [0, 0.05) is 24.1 Å². The highest BCUT2D eigenvalue weighted by Gasteiger charge is 2.38. The minimum atomic E-state index is 0.693. The van der Waals surface area contributed by atoms with Gasteiger partial charge in [-0.25, -0.2) is 4.57 Å². The lowest BCUT2D eigenvalue weighted by Crippen LogP contribution is -2.37. The van der Waals surface area contributed by atoms with Crippen LogP contribution in [0.15, 0.2) is 18.5 Å². The molecular weight excluding hydrogens is 316 g/mol. The van der Waals surface area contributed by atoms with E-state index in [0.29, 0.717) is 6.04 Å². The molecule has 0 aromatic carbocycles. The summed E-state index contributed by atoms with van der Waals surface area (Å²) in [5, 5.41) is 0. The third kappa shape index (κ3) is 5.31. The van der Waals surface area contributed by atoms with E-state index >= 15 is 0 Å². The van der Waals surface area contributed by atoms with Gasteiger partial charge in [-0.15, -0.1) is 0 Å². The van der Waals surface area contributed by atoms with E-state index < -0.39 is 0 Å². The zero-order valence-electron chi connectivity index (χ0n) is 17.4. The maximum atomic E-state index is 2.59. The van der Waals surface area contributed by atoms with Crippen molar-refractivity contribution < 1.29 is 4.57 Å². The van der Waals surface area contributed by atoms with Crippen molar-refractivity contribution in [2.75, 3.05) is 13.6 Å². The van der Waals surface area contributed by atoms with Crippen LogP contribution in [0, 0.1) is 5.92 Å². The fourth-order valence-corrected chi connectivity index (χ4v) is 5.16. The van der Waals surface area contributed by atoms with Crippen LogP contribution in [-0.4, -0.2) is 18.5 Å². The quantitative estimate of drug-likeness (QED) is 0.357. The highest BCUT2D eigenvalue weighted by Crippen LogP contribution is 2.43. The molecule has 146 valence electrons. The van der Waals surface area contributed by atoms with Crippen LogP contribution in [0.2, 0.25) is 0 Å². The number of hydrogen-bond acceptors (Lipinski definition) is 1. The SMILES string of the molecule is CCCCCCCCCCCC[n+]1ccc2c(c1)[C@H]1[C@@H](CC2)CCN1C. The molecule has 2 aliphatic rings. The van der Waals surface area contributed by atoms with Crippen molar-refractivity contribution >= 4 is 0 Å². The van der Waals surface area contributed by atoms with Crippen molar-refractivity contribution in [2.24, 2.45) is 5.92 Å². The summed E-state index contributed by atoms with van der Waals surface area (Å²) in [5.41, 5.74) is 3.25. The second kappa shape index (κ2) is 10.4. The first-order chi connectivity index (χ1) is 12.8. The van der Waals surface area contributed by atoms with Crippen molar-refractivity contribution in [3.8, 4) is 0 Å². The number of hydrogen-bond donors (Lipinski definition) is 0. The van der Waals surface area contributed by atoms with Crippen molar-refractivity contribution in [2.45, 2.75) is 103 Å². The van der Waals surface area contributed by atoms with Gasteiger partial charge in [-0.1, -0.05) is 58.3 Å². The number of pyridine rings is 1. The number of fused-ring (bicyclic) bond motifs is 3. The maximum Gasteiger partial charge on any atom is 0.173 e. The van der Waals surface area contributed by atoms with Crippen LogP contribution in [-0.2, 0) is 13.0 Å². The lowest BCUT2D eigenvalue weighted by Gasteiger charge is -2.30. The van der Waals surface area contributed by atoms with Gasteiger partial charge in [-0.3, -0.25) is 4.90 Å². The zero-order chi connectivity index (χ0) is 18.2. The number of unbranched alkanes of at least 4 members (excludes halogenated alkanes) is 9. The predicted molar refractivity (Wildman–Crippen MR) is 110 cm³/mol.